The molecular weight excluding hydrogens is 400 g/mol. The van der Waals surface area contributed by atoms with E-state index in [1.165, 1.54) is 4.90 Å². The molecule has 3 rings (SSSR count). The molecule has 7 nitrogen and oxygen atoms in total. The van der Waals surface area contributed by atoms with Crippen molar-refractivity contribution in [2.24, 2.45) is 0 Å². The molecule has 0 saturated carbocycles. The minimum atomic E-state index is -0.243. The Kier molecular flexibility index (Phi) is 6.89. The van der Waals surface area contributed by atoms with Crippen molar-refractivity contribution in [3.05, 3.63) is 59.2 Å². The number of anilines is 1. The first-order chi connectivity index (χ1) is 14.3. The van der Waals surface area contributed by atoms with Gasteiger partial charge in [0.1, 0.15) is 0 Å². The van der Waals surface area contributed by atoms with E-state index in [-0.39, 0.29) is 24.1 Å². The lowest BCUT2D eigenvalue weighted by molar-refractivity contribution is -0.131. The zero-order valence-electron chi connectivity index (χ0n) is 17.4. The second kappa shape index (κ2) is 9.58. The lowest BCUT2D eigenvalue weighted by Crippen LogP contribution is -2.36. The van der Waals surface area contributed by atoms with Gasteiger partial charge in [-0.05, 0) is 44.0 Å². The predicted molar refractivity (Wildman–Crippen MR) is 117 cm³/mol. The second-order valence-electron chi connectivity index (χ2n) is 7.09. The minimum absolute atomic E-state index is 0.0361. The van der Waals surface area contributed by atoms with Crippen LogP contribution in [0.1, 0.15) is 16.7 Å². The molecule has 0 aliphatic rings. The van der Waals surface area contributed by atoms with Gasteiger partial charge in [-0.25, -0.2) is 0 Å². The number of benzene rings is 2. The van der Waals surface area contributed by atoms with E-state index in [4.69, 9.17) is 4.42 Å². The predicted octanol–water partition coefficient (Wildman–Crippen LogP) is 3.85. The van der Waals surface area contributed by atoms with Gasteiger partial charge in [-0.2, -0.15) is 0 Å². The van der Waals surface area contributed by atoms with Gasteiger partial charge in [0.2, 0.25) is 17.7 Å². The third-order valence-electron chi connectivity index (χ3n) is 4.58. The standard InChI is InChI=1S/C22H24N4O3S/c1-14-8-10-17(11-9-14)21-24-25-22(29-21)30-13-19(28)26(4)12-18(27)23-20-15(2)6-5-7-16(20)3/h5-11H,12-13H2,1-4H3,(H,23,27). The van der Waals surface area contributed by atoms with Crippen LogP contribution in [0.25, 0.3) is 11.5 Å². The largest absolute Gasteiger partial charge is 0.411 e. The van der Waals surface area contributed by atoms with Gasteiger partial charge in [0, 0.05) is 18.3 Å². The summed E-state index contributed by atoms with van der Waals surface area (Å²) in [6.45, 7) is 5.84. The number of carbonyl (C=O) groups is 2. The molecule has 0 aliphatic heterocycles. The summed E-state index contributed by atoms with van der Waals surface area (Å²) < 4.78 is 5.62. The molecule has 0 saturated heterocycles. The first kappa shape index (κ1) is 21.6. The Bertz CT molecular complexity index is 1030. The van der Waals surface area contributed by atoms with Crippen molar-refractivity contribution in [3.63, 3.8) is 0 Å². The van der Waals surface area contributed by atoms with E-state index in [2.05, 4.69) is 15.5 Å². The highest BCUT2D eigenvalue weighted by molar-refractivity contribution is 7.99. The molecule has 1 N–H and O–H groups in total. The molecule has 1 aromatic heterocycles. The highest BCUT2D eigenvalue weighted by Crippen LogP contribution is 2.23. The van der Waals surface area contributed by atoms with Gasteiger partial charge < -0.3 is 14.6 Å². The number of thioether (sulfide) groups is 1. The summed E-state index contributed by atoms with van der Waals surface area (Å²) in [5.41, 5.74) is 4.71. The Labute approximate surface area is 179 Å². The van der Waals surface area contributed by atoms with Crippen molar-refractivity contribution >= 4 is 29.3 Å². The Morgan fingerprint density at radius 3 is 2.37 bits per heavy atom. The lowest BCUT2D eigenvalue weighted by atomic mass is 10.1. The first-order valence-electron chi connectivity index (χ1n) is 9.47. The van der Waals surface area contributed by atoms with Gasteiger partial charge in [-0.3, -0.25) is 9.59 Å². The van der Waals surface area contributed by atoms with Crippen LogP contribution in [0.4, 0.5) is 5.69 Å². The molecule has 0 atom stereocenters. The van der Waals surface area contributed by atoms with Crippen LogP contribution in [0.2, 0.25) is 0 Å². The summed E-state index contributed by atoms with van der Waals surface area (Å²) in [6, 6.07) is 13.6. The van der Waals surface area contributed by atoms with Gasteiger partial charge in [-0.1, -0.05) is 47.7 Å². The summed E-state index contributed by atoms with van der Waals surface area (Å²) in [4.78, 5) is 26.1. The fourth-order valence-electron chi connectivity index (χ4n) is 2.81. The third kappa shape index (κ3) is 5.48. The molecule has 0 aliphatic carbocycles. The van der Waals surface area contributed by atoms with Gasteiger partial charge in [0.05, 0.1) is 12.3 Å². The molecule has 156 valence electrons. The molecule has 30 heavy (non-hydrogen) atoms. The Balaban J connectivity index is 1.51. The maximum atomic E-state index is 12.4. The first-order valence-corrected chi connectivity index (χ1v) is 10.5. The zero-order chi connectivity index (χ0) is 21.7. The molecular formula is C22H24N4O3S. The van der Waals surface area contributed by atoms with Crippen LogP contribution in [0.15, 0.2) is 52.1 Å². The van der Waals surface area contributed by atoms with Gasteiger partial charge in [-0.15, -0.1) is 10.2 Å². The van der Waals surface area contributed by atoms with Crippen molar-refractivity contribution < 1.29 is 14.0 Å². The number of aromatic nitrogens is 2. The van der Waals surface area contributed by atoms with E-state index < -0.39 is 0 Å². The van der Waals surface area contributed by atoms with Crippen molar-refractivity contribution in [2.45, 2.75) is 26.0 Å². The zero-order valence-corrected chi connectivity index (χ0v) is 18.2. The molecule has 0 bridgehead atoms. The van der Waals surface area contributed by atoms with E-state index in [1.54, 1.807) is 7.05 Å². The number of hydrogen-bond donors (Lipinski definition) is 1. The number of aryl methyl sites for hydroxylation is 3. The average molecular weight is 425 g/mol. The summed E-state index contributed by atoms with van der Waals surface area (Å²) in [7, 11) is 1.60. The summed E-state index contributed by atoms with van der Waals surface area (Å²) >= 11 is 1.15. The number of carbonyl (C=O) groups excluding carboxylic acids is 2. The fourth-order valence-corrected chi connectivity index (χ4v) is 3.51. The molecule has 2 aromatic carbocycles. The van der Waals surface area contributed by atoms with E-state index in [0.29, 0.717) is 11.1 Å². The summed E-state index contributed by atoms with van der Waals surface area (Å²) in [5.74, 6) is 0.0635. The molecule has 8 heteroatoms. The molecule has 0 radical (unpaired) electrons. The van der Waals surface area contributed by atoms with Crippen molar-refractivity contribution in [1.82, 2.24) is 15.1 Å². The number of hydrogen-bond acceptors (Lipinski definition) is 6. The van der Waals surface area contributed by atoms with E-state index >= 15 is 0 Å². The number of amides is 2. The van der Waals surface area contributed by atoms with Crippen LogP contribution in [0, 0.1) is 20.8 Å². The highest BCUT2D eigenvalue weighted by atomic mass is 32.2. The number of likely N-dealkylation sites (N-methyl/N-ethyl adjacent to an activating group) is 1. The number of para-hydroxylation sites is 1. The number of rotatable bonds is 7. The number of nitrogens with zero attached hydrogens (tertiary/aromatic N) is 3. The smallest absolute Gasteiger partial charge is 0.277 e. The van der Waals surface area contributed by atoms with Crippen LogP contribution in [0.3, 0.4) is 0 Å². The topological polar surface area (TPSA) is 88.3 Å². The average Bonchev–Trinajstić information content (AvgIpc) is 3.18. The highest BCUT2D eigenvalue weighted by Gasteiger charge is 2.17. The maximum absolute atomic E-state index is 12.4. The monoisotopic (exact) mass is 424 g/mol. The molecule has 0 spiro atoms. The fraction of sp³-hybridized carbons (Fsp3) is 0.273. The van der Waals surface area contributed by atoms with E-state index in [1.807, 2.05) is 63.2 Å². The van der Waals surface area contributed by atoms with Gasteiger partial charge in [0.15, 0.2) is 0 Å². The van der Waals surface area contributed by atoms with Crippen molar-refractivity contribution in [2.75, 3.05) is 24.7 Å². The van der Waals surface area contributed by atoms with Crippen LogP contribution in [0.5, 0.6) is 0 Å². The molecule has 0 fully saturated rings. The third-order valence-corrected chi connectivity index (χ3v) is 5.38. The van der Waals surface area contributed by atoms with E-state index in [0.717, 1.165) is 39.7 Å². The molecule has 2 amide bonds. The number of nitrogens with one attached hydrogen (secondary N) is 1. The molecule has 1 heterocycles. The summed E-state index contributed by atoms with van der Waals surface area (Å²) in [6.07, 6.45) is 0. The van der Waals surface area contributed by atoms with Crippen molar-refractivity contribution in [3.8, 4) is 11.5 Å². The van der Waals surface area contributed by atoms with Gasteiger partial charge in [0.25, 0.3) is 5.22 Å². The van der Waals surface area contributed by atoms with Crippen LogP contribution < -0.4 is 5.32 Å². The normalized spacial score (nSPS) is 10.7. The molecule has 0 unspecified atom stereocenters. The minimum Gasteiger partial charge on any atom is -0.411 e. The second-order valence-corrected chi connectivity index (χ2v) is 8.02. The maximum Gasteiger partial charge on any atom is 0.277 e. The lowest BCUT2D eigenvalue weighted by Gasteiger charge is -2.17. The van der Waals surface area contributed by atoms with Gasteiger partial charge >= 0.3 is 0 Å². The Morgan fingerprint density at radius 1 is 1.03 bits per heavy atom. The van der Waals surface area contributed by atoms with E-state index in [9.17, 15) is 9.59 Å². The van der Waals surface area contributed by atoms with Crippen LogP contribution in [-0.2, 0) is 9.59 Å². The SMILES string of the molecule is Cc1ccc(-c2nnc(SCC(=O)N(C)CC(=O)Nc3c(C)cccc3C)o2)cc1. The summed E-state index contributed by atoms with van der Waals surface area (Å²) in [5, 5.41) is 11.2. The van der Waals surface area contributed by atoms with Crippen LogP contribution >= 0.6 is 11.8 Å². The van der Waals surface area contributed by atoms with Crippen LogP contribution in [-0.4, -0.2) is 46.3 Å². The Hall–Kier alpha value is -3.13. The quantitative estimate of drug-likeness (QED) is 0.580. The Morgan fingerprint density at radius 2 is 1.70 bits per heavy atom. The van der Waals surface area contributed by atoms with Crippen molar-refractivity contribution in [1.29, 1.82) is 0 Å². The molecule has 3 aromatic rings.